The number of rotatable bonds is 8. The number of carbonyl (C=O) groups is 2. The quantitative estimate of drug-likeness (QED) is 0.776. The van der Waals surface area contributed by atoms with Crippen molar-refractivity contribution in [1.82, 2.24) is 5.32 Å². The van der Waals surface area contributed by atoms with E-state index in [1.54, 1.807) is 0 Å². The Hall–Kier alpha value is -1.84. The van der Waals surface area contributed by atoms with Gasteiger partial charge in [0.1, 0.15) is 0 Å². The minimum atomic E-state index is -0.877. The molecule has 122 valence electrons. The second kappa shape index (κ2) is 8.57. The van der Waals surface area contributed by atoms with Crippen LogP contribution in [0, 0.1) is 24.7 Å². The molecule has 0 aliphatic carbocycles. The van der Waals surface area contributed by atoms with Gasteiger partial charge in [-0.1, -0.05) is 57.0 Å². The van der Waals surface area contributed by atoms with Crippen LogP contribution in [0.2, 0.25) is 0 Å². The molecule has 3 atom stereocenters. The van der Waals surface area contributed by atoms with E-state index in [-0.39, 0.29) is 18.4 Å². The van der Waals surface area contributed by atoms with Gasteiger partial charge in [-0.25, -0.2) is 0 Å². The van der Waals surface area contributed by atoms with Gasteiger partial charge >= 0.3 is 5.97 Å². The number of hydrogen-bond acceptors (Lipinski definition) is 2. The van der Waals surface area contributed by atoms with E-state index in [9.17, 15) is 14.7 Å². The van der Waals surface area contributed by atoms with E-state index in [1.807, 2.05) is 52.0 Å². The maximum atomic E-state index is 12.1. The van der Waals surface area contributed by atoms with Crippen LogP contribution in [0.4, 0.5) is 0 Å². The van der Waals surface area contributed by atoms with Crippen LogP contribution < -0.4 is 5.32 Å². The van der Waals surface area contributed by atoms with Crippen molar-refractivity contribution in [2.45, 2.75) is 40.5 Å². The highest BCUT2D eigenvalue weighted by molar-refractivity contribution is 5.79. The molecule has 0 spiro atoms. The number of carbonyl (C=O) groups excluding carboxylic acids is 1. The van der Waals surface area contributed by atoms with Crippen molar-refractivity contribution >= 4 is 11.9 Å². The van der Waals surface area contributed by atoms with Gasteiger partial charge in [0.2, 0.25) is 5.91 Å². The van der Waals surface area contributed by atoms with Gasteiger partial charge in [-0.05, 0) is 24.8 Å². The number of aliphatic carboxylic acids is 1. The zero-order chi connectivity index (χ0) is 16.7. The van der Waals surface area contributed by atoms with E-state index in [4.69, 9.17) is 0 Å². The van der Waals surface area contributed by atoms with Crippen molar-refractivity contribution in [2.75, 3.05) is 6.54 Å². The smallest absolute Gasteiger partial charge is 0.308 e. The molecule has 0 aliphatic rings. The fourth-order valence-corrected chi connectivity index (χ4v) is 2.37. The lowest BCUT2D eigenvalue weighted by Gasteiger charge is -2.20. The SMILES string of the molecule is CCC(C)C(C)C(=O)NCC(Cc1cccc(C)c1)C(=O)O. The highest BCUT2D eigenvalue weighted by Gasteiger charge is 2.22. The van der Waals surface area contributed by atoms with Gasteiger partial charge in [0.25, 0.3) is 0 Å². The molecule has 1 aromatic rings. The highest BCUT2D eigenvalue weighted by atomic mass is 16.4. The number of hydrogen-bond donors (Lipinski definition) is 2. The molecule has 4 heteroatoms. The number of nitrogens with one attached hydrogen (secondary N) is 1. The standard InChI is InChI=1S/C18H27NO3/c1-5-13(3)14(4)17(20)19-11-16(18(21)22)10-15-8-6-7-12(2)9-15/h6-9,13-14,16H,5,10-11H2,1-4H3,(H,19,20)(H,21,22). The zero-order valence-corrected chi connectivity index (χ0v) is 13.9. The fraction of sp³-hybridized carbons (Fsp3) is 0.556. The van der Waals surface area contributed by atoms with Gasteiger partial charge in [-0.3, -0.25) is 9.59 Å². The molecule has 1 rings (SSSR count). The number of carboxylic acid groups (broad SMARTS) is 1. The first kappa shape index (κ1) is 18.2. The summed E-state index contributed by atoms with van der Waals surface area (Å²) in [6, 6.07) is 7.81. The Morgan fingerprint density at radius 1 is 1.27 bits per heavy atom. The van der Waals surface area contributed by atoms with Crippen LogP contribution in [-0.4, -0.2) is 23.5 Å². The number of carboxylic acids is 1. The molecule has 2 N–H and O–H groups in total. The monoisotopic (exact) mass is 305 g/mol. The van der Waals surface area contributed by atoms with Crippen LogP contribution in [0.15, 0.2) is 24.3 Å². The Bertz CT molecular complexity index is 513. The number of benzene rings is 1. The summed E-state index contributed by atoms with van der Waals surface area (Å²) in [4.78, 5) is 23.5. The van der Waals surface area contributed by atoms with Crippen LogP contribution in [0.1, 0.15) is 38.3 Å². The van der Waals surface area contributed by atoms with Gasteiger partial charge in [-0.15, -0.1) is 0 Å². The third kappa shape index (κ3) is 5.51. The Labute approximate surface area is 132 Å². The molecule has 1 amide bonds. The van der Waals surface area contributed by atoms with Crippen LogP contribution in [-0.2, 0) is 16.0 Å². The van der Waals surface area contributed by atoms with E-state index in [0.29, 0.717) is 12.3 Å². The lowest BCUT2D eigenvalue weighted by molar-refractivity contribution is -0.141. The summed E-state index contributed by atoms with van der Waals surface area (Å²) in [5.74, 6) is -1.35. The molecular weight excluding hydrogens is 278 g/mol. The highest BCUT2D eigenvalue weighted by Crippen LogP contribution is 2.15. The molecule has 3 unspecified atom stereocenters. The third-order valence-corrected chi connectivity index (χ3v) is 4.35. The van der Waals surface area contributed by atoms with Crippen LogP contribution in [0.3, 0.4) is 0 Å². The van der Waals surface area contributed by atoms with Crippen LogP contribution >= 0.6 is 0 Å². The topological polar surface area (TPSA) is 66.4 Å². The molecule has 1 aromatic carbocycles. The number of amides is 1. The van der Waals surface area contributed by atoms with Crippen molar-refractivity contribution in [3.63, 3.8) is 0 Å². The number of aryl methyl sites for hydroxylation is 1. The summed E-state index contributed by atoms with van der Waals surface area (Å²) in [6.45, 7) is 8.12. The average Bonchev–Trinajstić information content (AvgIpc) is 2.49. The molecule has 0 aliphatic heterocycles. The Balaban J connectivity index is 2.62. The van der Waals surface area contributed by atoms with Crippen molar-refractivity contribution in [1.29, 1.82) is 0 Å². The maximum absolute atomic E-state index is 12.1. The Kier molecular flexibility index (Phi) is 7.09. The van der Waals surface area contributed by atoms with Gasteiger partial charge in [0.05, 0.1) is 5.92 Å². The summed E-state index contributed by atoms with van der Waals surface area (Å²) in [6.07, 6.45) is 1.36. The Morgan fingerprint density at radius 3 is 2.50 bits per heavy atom. The summed E-state index contributed by atoms with van der Waals surface area (Å²) >= 11 is 0. The van der Waals surface area contributed by atoms with Crippen molar-refractivity contribution in [3.05, 3.63) is 35.4 Å². The van der Waals surface area contributed by atoms with E-state index in [0.717, 1.165) is 17.5 Å². The van der Waals surface area contributed by atoms with Gasteiger partial charge in [-0.2, -0.15) is 0 Å². The minimum Gasteiger partial charge on any atom is -0.481 e. The van der Waals surface area contributed by atoms with E-state index in [1.165, 1.54) is 0 Å². The summed E-state index contributed by atoms with van der Waals surface area (Å²) in [5.41, 5.74) is 2.09. The molecule has 0 saturated heterocycles. The molecular formula is C18H27NO3. The predicted octanol–water partition coefficient (Wildman–Crippen LogP) is 3.04. The molecule has 4 nitrogen and oxygen atoms in total. The Morgan fingerprint density at radius 2 is 1.95 bits per heavy atom. The molecule has 0 bridgehead atoms. The average molecular weight is 305 g/mol. The minimum absolute atomic E-state index is 0.0650. The zero-order valence-electron chi connectivity index (χ0n) is 13.9. The molecule has 22 heavy (non-hydrogen) atoms. The van der Waals surface area contributed by atoms with E-state index < -0.39 is 11.9 Å². The van der Waals surface area contributed by atoms with Gasteiger partial charge < -0.3 is 10.4 Å². The molecule has 0 radical (unpaired) electrons. The normalized spacial score (nSPS) is 14.9. The first-order chi connectivity index (χ1) is 10.3. The molecule has 0 heterocycles. The molecule has 0 fully saturated rings. The second-order valence-electron chi connectivity index (χ2n) is 6.15. The first-order valence-corrected chi connectivity index (χ1v) is 7.91. The van der Waals surface area contributed by atoms with Crippen molar-refractivity contribution in [3.8, 4) is 0 Å². The molecule has 0 saturated carbocycles. The summed E-state index contributed by atoms with van der Waals surface area (Å²) in [5, 5.41) is 12.2. The van der Waals surface area contributed by atoms with Crippen LogP contribution in [0.25, 0.3) is 0 Å². The van der Waals surface area contributed by atoms with Crippen LogP contribution in [0.5, 0.6) is 0 Å². The van der Waals surface area contributed by atoms with E-state index in [2.05, 4.69) is 5.32 Å². The fourth-order valence-electron chi connectivity index (χ4n) is 2.37. The van der Waals surface area contributed by atoms with Crippen molar-refractivity contribution in [2.24, 2.45) is 17.8 Å². The lowest BCUT2D eigenvalue weighted by atomic mass is 9.92. The first-order valence-electron chi connectivity index (χ1n) is 7.91. The van der Waals surface area contributed by atoms with Crippen molar-refractivity contribution < 1.29 is 14.7 Å². The van der Waals surface area contributed by atoms with E-state index >= 15 is 0 Å². The predicted molar refractivity (Wildman–Crippen MR) is 87.6 cm³/mol. The maximum Gasteiger partial charge on any atom is 0.308 e. The van der Waals surface area contributed by atoms with Gasteiger partial charge in [0.15, 0.2) is 0 Å². The lowest BCUT2D eigenvalue weighted by Crippen LogP contribution is -2.38. The third-order valence-electron chi connectivity index (χ3n) is 4.35. The summed E-state index contributed by atoms with van der Waals surface area (Å²) in [7, 11) is 0. The second-order valence-corrected chi connectivity index (χ2v) is 6.15. The largest absolute Gasteiger partial charge is 0.481 e. The molecule has 0 aromatic heterocycles. The summed E-state index contributed by atoms with van der Waals surface area (Å²) < 4.78 is 0. The van der Waals surface area contributed by atoms with Gasteiger partial charge in [0, 0.05) is 12.5 Å².